The highest BCUT2D eigenvalue weighted by Crippen LogP contribution is 2.26. The number of carbonyl (C=O) groups excluding carboxylic acids is 1. The summed E-state index contributed by atoms with van der Waals surface area (Å²) >= 11 is 0. The highest BCUT2D eigenvalue weighted by molar-refractivity contribution is 5.69. The van der Waals surface area contributed by atoms with Crippen LogP contribution >= 0.6 is 0 Å². The highest BCUT2D eigenvalue weighted by atomic mass is 16.6. The summed E-state index contributed by atoms with van der Waals surface area (Å²) in [7, 11) is 0. The first-order valence-electron chi connectivity index (χ1n) is 9.30. The molecule has 1 atom stereocenters. The summed E-state index contributed by atoms with van der Waals surface area (Å²) in [6.07, 6.45) is 7.97. The van der Waals surface area contributed by atoms with Crippen LogP contribution in [0.5, 0.6) is 0 Å². The summed E-state index contributed by atoms with van der Waals surface area (Å²) in [5.41, 5.74) is 3.43. The molecule has 0 amide bonds. The van der Waals surface area contributed by atoms with Crippen LogP contribution in [0.25, 0.3) is 0 Å². The Bertz CT molecular complexity index is 722. The molecule has 25 heavy (non-hydrogen) atoms. The molecule has 0 bridgehead atoms. The van der Waals surface area contributed by atoms with Crippen molar-refractivity contribution >= 4 is 6.09 Å². The lowest BCUT2D eigenvalue weighted by Gasteiger charge is -2.21. The van der Waals surface area contributed by atoms with Gasteiger partial charge in [-0.15, -0.1) is 0 Å². The third-order valence-electron chi connectivity index (χ3n) is 5.09. The van der Waals surface area contributed by atoms with Gasteiger partial charge in [-0.1, -0.05) is 30.3 Å². The normalized spacial score (nSPS) is 19.4. The zero-order valence-electron chi connectivity index (χ0n) is 14.5. The smallest absolute Gasteiger partial charge is 0.434 e. The number of fused-ring (bicyclic) bond motifs is 1. The van der Waals surface area contributed by atoms with Gasteiger partial charge in [-0.3, -0.25) is 0 Å². The van der Waals surface area contributed by atoms with Crippen LogP contribution < -0.4 is 5.32 Å². The van der Waals surface area contributed by atoms with Gasteiger partial charge in [0.05, 0.1) is 12.3 Å². The van der Waals surface area contributed by atoms with Crippen LogP contribution in [0.1, 0.15) is 36.1 Å². The third-order valence-corrected chi connectivity index (χ3v) is 5.09. The van der Waals surface area contributed by atoms with Crippen molar-refractivity contribution in [2.45, 2.75) is 44.6 Å². The second kappa shape index (κ2) is 7.40. The first kappa shape index (κ1) is 16.3. The summed E-state index contributed by atoms with van der Waals surface area (Å²) in [5.74, 6) is 0.653. The largest absolute Gasteiger partial charge is 0.448 e. The molecule has 132 valence electrons. The van der Waals surface area contributed by atoms with E-state index in [0.717, 1.165) is 44.0 Å². The van der Waals surface area contributed by atoms with E-state index in [1.807, 2.05) is 36.5 Å². The molecule has 1 heterocycles. The molecule has 4 rings (SSSR count). The van der Waals surface area contributed by atoms with Crippen molar-refractivity contribution < 1.29 is 9.53 Å². The minimum Gasteiger partial charge on any atom is -0.448 e. The van der Waals surface area contributed by atoms with Crippen LogP contribution in [-0.4, -0.2) is 35.1 Å². The van der Waals surface area contributed by atoms with Crippen LogP contribution in [0, 0.1) is 5.92 Å². The van der Waals surface area contributed by atoms with Gasteiger partial charge in [0.15, 0.2) is 0 Å². The minimum atomic E-state index is -0.377. The molecular formula is C20H25N3O2. The second-order valence-corrected chi connectivity index (χ2v) is 7.19. The maximum absolute atomic E-state index is 12.2. The van der Waals surface area contributed by atoms with E-state index in [0.29, 0.717) is 12.5 Å². The van der Waals surface area contributed by atoms with Gasteiger partial charge in [-0.2, -0.15) is 9.78 Å². The molecule has 1 unspecified atom stereocenters. The van der Waals surface area contributed by atoms with Gasteiger partial charge in [0.1, 0.15) is 0 Å². The Kier molecular flexibility index (Phi) is 4.83. The number of aryl methyl sites for hydroxylation is 1. The predicted molar refractivity (Wildman–Crippen MR) is 95.7 cm³/mol. The summed E-state index contributed by atoms with van der Waals surface area (Å²) in [6.45, 7) is 1.46. The van der Waals surface area contributed by atoms with Crippen molar-refractivity contribution in [1.29, 1.82) is 0 Å². The minimum absolute atomic E-state index is 0.376. The first-order chi connectivity index (χ1) is 12.3. The van der Waals surface area contributed by atoms with Crippen LogP contribution in [-0.2, 0) is 24.0 Å². The topological polar surface area (TPSA) is 56.2 Å². The lowest BCUT2D eigenvalue weighted by Crippen LogP contribution is -2.28. The number of carbonyl (C=O) groups is 1. The van der Waals surface area contributed by atoms with Crippen molar-refractivity contribution in [1.82, 2.24) is 15.1 Å². The molecule has 2 aromatic rings. The number of ether oxygens (including phenoxy) is 1. The van der Waals surface area contributed by atoms with Gasteiger partial charge >= 0.3 is 6.09 Å². The van der Waals surface area contributed by atoms with E-state index >= 15 is 0 Å². The van der Waals surface area contributed by atoms with E-state index in [1.165, 1.54) is 28.7 Å². The molecule has 1 N–H and O–H groups in total. The molecule has 2 aliphatic rings. The standard InChI is InChI=1S/C20H25N3O2/c24-20(25-11-10-15-4-2-1-3-5-15)23-14-17-12-16(6-9-19(17)22-23)13-21-18-7-8-18/h1-5,14,16,18,21H,6-13H2. The van der Waals surface area contributed by atoms with Crippen molar-refractivity contribution in [3.8, 4) is 0 Å². The average molecular weight is 339 g/mol. The Hall–Kier alpha value is -2.14. The Morgan fingerprint density at radius 1 is 1.24 bits per heavy atom. The van der Waals surface area contributed by atoms with Gasteiger partial charge in [0.2, 0.25) is 0 Å². The molecule has 2 aliphatic carbocycles. The van der Waals surface area contributed by atoms with E-state index in [4.69, 9.17) is 4.74 Å². The van der Waals surface area contributed by atoms with Crippen molar-refractivity contribution in [2.24, 2.45) is 5.92 Å². The molecule has 0 saturated heterocycles. The number of hydrogen-bond acceptors (Lipinski definition) is 4. The van der Waals surface area contributed by atoms with Crippen molar-refractivity contribution in [2.75, 3.05) is 13.2 Å². The number of benzene rings is 1. The molecule has 5 heteroatoms. The summed E-state index contributed by atoms with van der Waals surface area (Å²) in [6, 6.07) is 10.8. The van der Waals surface area contributed by atoms with E-state index in [9.17, 15) is 4.79 Å². The van der Waals surface area contributed by atoms with E-state index in [1.54, 1.807) is 0 Å². The molecular weight excluding hydrogens is 314 g/mol. The number of nitrogens with one attached hydrogen (secondary N) is 1. The van der Waals surface area contributed by atoms with Crippen LogP contribution in [0.4, 0.5) is 4.79 Å². The van der Waals surface area contributed by atoms with Crippen LogP contribution in [0.2, 0.25) is 0 Å². The fourth-order valence-corrected chi connectivity index (χ4v) is 3.44. The van der Waals surface area contributed by atoms with Gasteiger partial charge in [0.25, 0.3) is 0 Å². The lowest BCUT2D eigenvalue weighted by atomic mass is 9.88. The molecule has 1 aromatic heterocycles. The number of rotatable bonds is 6. The molecule has 0 aliphatic heterocycles. The molecule has 0 radical (unpaired) electrons. The zero-order chi connectivity index (χ0) is 17.1. The third kappa shape index (κ3) is 4.28. The van der Waals surface area contributed by atoms with Crippen molar-refractivity contribution in [3.63, 3.8) is 0 Å². The Morgan fingerprint density at radius 3 is 2.88 bits per heavy atom. The molecule has 0 spiro atoms. The van der Waals surface area contributed by atoms with Gasteiger partial charge < -0.3 is 10.1 Å². The van der Waals surface area contributed by atoms with E-state index < -0.39 is 0 Å². The van der Waals surface area contributed by atoms with E-state index in [2.05, 4.69) is 10.4 Å². The Balaban J connectivity index is 1.28. The average Bonchev–Trinajstić information content (AvgIpc) is 3.37. The first-order valence-corrected chi connectivity index (χ1v) is 9.30. The Morgan fingerprint density at radius 2 is 2.08 bits per heavy atom. The van der Waals surface area contributed by atoms with Gasteiger partial charge in [-0.25, -0.2) is 4.79 Å². The second-order valence-electron chi connectivity index (χ2n) is 7.19. The lowest BCUT2D eigenvalue weighted by molar-refractivity contribution is 0.145. The predicted octanol–water partition coefficient (Wildman–Crippen LogP) is 2.97. The molecule has 5 nitrogen and oxygen atoms in total. The maximum atomic E-state index is 12.2. The zero-order valence-corrected chi connectivity index (χ0v) is 14.5. The number of hydrogen-bond donors (Lipinski definition) is 1. The van der Waals surface area contributed by atoms with E-state index in [-0.39, 0.29) is 6.09 Å². The highest BCUT2D eigenvalue weighted by Gasteiger charge is 2.26. The van der Waals surface area contributed by atoms with Crippen molar-refractivity contribution in [3.05, 3.63) is 53.3 Å². The fourth-order valence-electron chi connectivity index (χ4n) is 3.44. The number of nitrogens with zero attached hydrogens (tertiary/aromatic N) is 2. The quantitative estimate of drug-likeness (QED) is 0.879. The summed E-state index contributed by atoms with van der Waals surface area (Å²) in [5, 5.41) is 8.05. The maximum Gasteiger partial charge on any atom is 0.434 e. The molecule has 1 aromatic carbocycles. The molecule has 1 fully saturated rings. The van der Waals surface area contributed by atoms with Crippen LogP contribution in [0.3, 0.4) is 0 Å². The Labute approximate surface area is 148 Å². The summed E-state index contributed by atoms with van der Waals surface area (Å²) < 4.78 is 6.75. The van der Waals surface area contributed by atoms with Crippen LogP contribution in [0.15, 0.2) is 36.5 Å². The molecule has 1 saturated carbocycles. The monoisotopic (exact) mass is 339 g/mol. The van der Waals surface area contributed by atoms with Gasteiger partial charge in [0, 0.05) is 18.7 Å². The fraction of sp³-hybridized carbons (Fsp3) is 0.500. The SMILES string of the molecule is O=C(OCCc1ccccc1)n1cc2c(n1)CCC(CNC1CC1)C2. The summed E-state index contributed by atoms with van der Waals surface area (Å²) in [4.78, 5) is 12.2. The number of aromatic nitrogens is 2. The van der Waals surface area contributed by atoms with Gasteiger partial charge in [-0.05, 0) is 55.7 Å².